The van der Waals surface area contributed by atoms with Crippen molar-refractivity contribution in [1.29, 1.82) is 0 Å². The smallest absolute Gasteiger partial charge is 0.391 e. The van der Waals surface area contributed by atoms with Crippen molar-refractivity contribution < 1.29 is 22.3 Å². The second-order valence-corrected chi connectivity index (χ2v) is 9.76. The molecule has 2 fully saturated rings. The molecular weight excluding hydrogens is 439 g/mol. The van der Waals surface area contributed by atoms with E-state index in [-0.39, 0.29) is 18.2 Å². The van der Waals surface area contributed by atoms with Gasteiger partial charge in [-0.1, -0.05) is 6.07 Å². The molecule has 3 heterocycles. The number of piperidine rings is 1. The summed E-state index contributed by atoms with van der Waals surface area (Å²) in [4.78, 5) is 4.49. The van der Waals surface area contributed by atoms with Crippen LogP contribution in [0.5, 0.6) is 5.75 Å². The summed E-state index contributed by atoms with van der Waals surface area (Å²) in [7, 11) is 1.63. The normalized spacial score (nSPS) is 22.2. The number of rotatable bonds is 5. The van der Waals surface area contributed by atoms with Crippen molar-refractivity contribution in [2.24, 2.45) is 11.7 Å². The minimum atomic E-state index is -4.09. The van der Waals surface area contributed by atoms with Gasteiger partial charge in [0.05, 0.1) is 24.4 Å². The topological polar surface area (TPSA) is 54.9 Å². The van der Waals surface area contributed by atoms with E-state index in [2.05, 4.69) is 9.80 Å². The number of furan rings is 1. The maximum Gasteiger partial charge on any atom is 0.391 e. The van der Waals surface area contributed by atoms with Gasteiger partial charge in [-0.05, 0) is 51.1 Å². The maximum absolute atomic E-state index is 13.1. The van der Waals surface area contributed by atoms with Gasteiger partial charge in [-0.25, -0.2) is 0 Å². The Morgan fingerprint density at radius 3 is 2.53 bits per heavy atom. The third-order valence-electron chi connectivity index (χ3n) is 6.43. The molecule has 5 nitrogen and oxygen atoms in total. The van der Waals surface area contributed by atoms with Gasteiger partial charge >= 0.3 is 6.18 Å². The molecule has 1 aromatic carbocycles. The second-order valence-electron chi connectivity index (χ2n) is 8.47. The third-order valence-corrected chi connectivity index (χ3v) is 7.68. The van der Waals surface area contributed by atoms with E-state index in [1.165, 1.54) is 0 Å². The first kappa shape index (κ1) is 23.3. The summed E-state index contributed by atoms with van der Waals surface area (Å²) in [5.74, 6) is 1.97. The monoisotopic (exact) mass is 469 g/mol. The number of nitrogens with zero attached hydrogens (tertiary/aromatic N) is 2. The van der Waals surface area contributed by atoms with Gasteiger partial charge in [-0.3, -0.25) is 4.90 Å². The molecule has 2 aliphatic heterocycles. The average molecular weight is 470 g/mol. The third kappa shape index (κ3) is 5.05. The lowest BCUT2D eigenvalue weighted by Gasteiger charge is -2.43. The molecule has 2 aliphatic rings. The summed E-state index contributed by atoms with van der Waals surface area (Å²) >= 11 is 1.82. The van der Waals surface area contributed by atoms with E-state index in [1.807, 2.05) is 49.0 Å². The Morgan fingerprint density at radius 2 is 1.91 bits per heavy atom. The number of hydrogen-bond acceptors (Lipinski definition) is 6. The molecule has 1 aromatic heterocycles. The van der Waals surface area contributed by atoms with E-state index in [0.717, 1.165) is 41.6 Å². The van der Waals surface area contributed by atoms with Crippen molar-refractivity contribution in [1.82, 2.24) is 4.90 Å². The van der Waals surface area contributed by atoms with Gasteiger partial charge in [-0.2, -0.15) is 13.2 Å². The number of thioether (sulfide) groups is 1. The van der Waals surface area contributed by atoms with Crippen LogP contribution in [0.25, 0.3) is 0 Å². The van der Waals surface area contributed by atoms with Gasteiger partial charge in [-0.15, -0.1) is 11.8 Å². The van der Waals surface area contributed by atoms with Crippen molar-refractivity contribution in [3.8, 4) is 5.75 Å². The molecule has 2 saturated heterocycles. The van der Waals surface area contributed by atoms with E-state index in [4.69, 9.17) is 14.9 Å². The zero-order valence-corrected chi connectivity index (χ0v) is 19.2. The number of nitrogens with two attached hydrogens (primary N) is 1. The first-order chi connectivity index (χ1) is 15.3. The second kappa shape index (κ2) is 9.57. The molecular formula is C23H30F3N3O2S. The molecule has 0 aliphatic carbocycles. The molecule has 0 spiro atoms. The molecule has 2 atom stereocenters. The lowest BCUT2D eigenvalue weighted by Crippen LogP contribution is -2.50. The number of ether oxygens (including phenoxy) is 1. The molecule has 2 unspecified atom stereocenters. The van der Waals surface area contributed by atoms with Crippen LogP contribution >= 0.6 is 11.8 Å². The largest absolute Gasteiger partial charge is 0.497 e. The number of hydrogen-bond donors (Lipinski definition) is 1. The molecule has 4 rings (SSSR count). The Hall–Kier alpha value is -1.84. The standard InChI is InChI=1S/C23H30F3N3O2S/c1-15-3-6-20(31-15)22(27)18-5-4-17(30-2)13-19(18)29-11-12-32-21(14-29)28-9-7-16(8-10-28)23(24,25)26/h3-6,13,16,21-22H,7-12,14,27H2,1-2H3. The van der Waals surface area contributed by atoms with Crippen LogP contribution in [0.1, 0.15) is 36.0 Å². The lowest BCUT2D eigenvalue weighted by atomic mass is 9.96. The van der Waals surface area contributed by atoms with Gasteiger partial charge in [0.25, 0.3) is 0 Å². The van der Waals surface area contributed by atoms with Crippen LogP contribution in [0.4, 0.5) is 18.9 Å². The number of alkyl halides is 3. The fraction of sp³-hybridized carbons (Fsp3) is 0.565. The van der Waals surface area contributed by atoms with E-state index < -0.39 is 18.1 Å². The summed E-state index contributed by atoms with van der Waals surface area (Å²) < 4.78 is 50.4. The summed E-state index contributed by atoms with van der Waals surface area (Å²) in [6.45, 7) is 4.41. The van der Waals surface area contributed by atoms with Gasteiger partial charge in [0.1, 0.15) is 17.3 Å². The van der Waals surface area contributed by atoms with Crippen molar-refractivity contribution in [3.63, 3.8) is 0 Å². The van der Waals surface area contributed by atoms with E-state index >= 15 is 0 Å². The predicted octanol–water partition coefficient (Wildman–Crippen LogP) is 4.80. The minimum absolute atomic E-state index is 0.152. The fourth-order valence-corrected chi connectivity index (χ4v) is 5.85. The van der Waals surface area contributed by atoms with Gasteiger partial charge < -0.3 is 19.8 Å². The van der Waals surface area contributed by atoms with E-state index in [9.17, 15) is 13.2 Å². The fourth-order valence-electron chi connectivity index (χ4n) is 4.55. The van der Waals surface area contributed by atoms with Crippen LogP contribution < -0.4 is 15.4 Å². The molecule has 0 bridgehead atoms. The van der Waals surface area contributed by atoms with Gasteiger partial charge in [0, 0.05) is 36.2 Å². The van der Waals surface area contributed by atoms with Crippen molar-refractivity contribution in [3.05, 3.63) is 47.4 Å². The van der Waals surface area contributed by atoms with E-state index in [1.54, 1.807) is 7.11 Å². The lowest BCUT2D eigenvalue weighted by molar-refractivity contribution is -0.185. The molecule has 9 heteroatoms. The summed E-state index contributed by atoms with van der Waals surface area (Å²) in [6, 6.07) is 9.24. The quantitative estimate of drug-likeness (QED) is 0.679. The average Bonchev–Trinajstić information content (AvgIpc) is 3.24. The molecule has 0 amide bonds. The molecule has 32 heavy (non-hydrogen) atoms. The van der Waals surface area contributed by atoms with E-state index in [0.29, 0.717) is 18.8 Å². The Balaban J connectivity index is 1.52. The highest BCUT2D eigenvalue weighted by Gasteiger charge is 2.42. The summed E-state index contributed by atoms with van der Waals surface area (Å²) in [5, 5.41) is 0.152. The van der Waals surface area contributed by atoms with Crippen molar-refractivity contribution in [2.75, 3.05) is 43.9 Å². The van der Waals surface area contributed by atoms with Gasteiger partial charge in [0.15, 0.2) is 0 Å². The number of benzene rings is 1. The van der Waals surface area contributed by atoms with Crippen LogP contribution in [-0.4, -0.2) is 55.5 Å². The number of methoxy groups -OCH3 is 1. The highest BCUT2D eigenvalue weighted by atomic mass is 32.2. The summed E-state index contributed by atoms with van der Waals surface area (Å²) in [5.41, 5.74) is 8.51. The highest BCUT2D eigenvalue weighted by Crippen LogP contribution is 2.38. The Morgan fingerprint density at radius 1 is 1.16 bits per heavy atom. The molecule has 2 N–H and O–H groups in total. The van der Waals surface area contributed by atoms with Crippen molar-refractivity contribution >= 4 is 17.4 Å². The molecule has 2 aromatic rings. The van der Waals surface area contributed by atoms with Crippen LogP contribution in [0.15, 0.2) is 34.7 Å². The predicted molar refractivity (Wildman–Crippen MR) is 121 cm³/mol. The first-order valence-corrected chi connectivity index (χ1v) is 12.0. The maximum atomic E-state index is 13.1. The molecule has 0 radical (unpaired) electrons. The SMILES string of the molecule is COc1ccc(C(N)c2ccc(C)o2)c(N2CCSC(N3CCC(C(F)(F)F)CC3)C2)c1. The molecule has 176 valence electrons. The Kier molecular flexibility index (Phi) is 6.97. The number of halogens is 3. The molecule has 0 saturated carbocycles. The summed E-state index contributed by atoms with van der Waals surface area (Å²) in [6.07, 6.45) is -3.74. The van der Waals surface area contributed by atoms with Crippen LogP contribution in [0, 0.1) is 12.8 Å². The highest BCUT2D eigenvalue weighted by molar-refractivity contribution is 7.99. The number of anilines is 1. The van der Waals surface area contributed by atoms with Crippen LogP contribution in [0.2, 0.25) is 0 Å². The van der Waals surface area contributed by atoms with Gasteiger partial charge in [0.2, 0.25) is 0 Å². The van der Waals surface area contributed by atoms with Crippen LogP contribution in [0.3, 0.4) is 0 Å². The number of likely N-dealkylation sites (tertiary alicyclic amines) is 1. The van der Waals surface area contributed by atoms with Crippen molar-refractivity contribution in [2.45, 2.75) is 37.4 Å². The zero-order valence-electron chi connectivity index (χ0n) is 18.4. The number of aryl methyl sites for hydroxylation is 1. The van der Waals surface area contributed by atoms with Crippen LogP contribution in [-0.2, 0) is 0 Å². The minimum Gasteiger partial charge on any atom is -0.497 e. The zero-order chi connectivity index (χ0) is 22.9. The first-order valence-electron chi connectivity index (χ1n) is 10.9. The Bertz CT molecular complexity index is 912. The Labute approximate surface area is 191 Å².